The molecule has 0 saturated heterocycles. The van der Waals surface area contributed by atoms with Crippen LogP contribution in [-0.4, -0.2) is 14.7 Å². The zero-order valence-electron chi connectivity index (χ0n) is 11.8. The predicted molar refractivity (Wildman–Crippen MR) is 75.7 cm³/mol. The molecule has 0 aromatic carbocycles. The second kappa shape index (κ2) is 4.49. The maximum absolute atomic E-state index is 10.1. The molecule has 2 aromatic rings. The van der Waals surface area contributed by atoms with Gasteiger partial charge in [0.15, 0.2) is 0 Å². The van der Waals surface area contributed by atoms with Crippen molar-refractivity contribution in [2.75, 3.05) is 0 Å². The topological polar surface area (TPSA) is 38.0 Å². The van der Waals surface area contributed by atoms with Gasteiger partial charge in [0, 0.05) is 22.6 Å². The van der Waals surface area contributed by atoms with Crippen LogP contribution in [0.25, 0.3) is 5.82 Å². The normalized spacial score (nSPS) is 18.4. The van der Waals surface area contributed by atoms with E-state index in [9.17, 15) is 5.11 Å². The van der Waals surface area contributed by atoms with Gasteiger partial charge < -0.3 is 9.67 Å². The van der Waals surface area contributed by atoms with Crippen LogP contribution in [0, 0.1) is 20.8 Å². The lowest BCUT2D eigenvalue weighted by atomic mass is 9.95. The Morgan fingerprint density at radius 1 is 1.21 bits per heavy atom. The van der Waals surface area contributed by atoms with Crippen molar-refractivity contribution in [1.29, 1.82) is 0 Å². The number of aryl methyl sites for hydroxylation is 3. The Morgan fingerprint density at radius 3 is 2.74 bits per heavy atom. The zero-order valence-corrected chi connectivity index (χ0v) is 11.8. The summed E-state index contributed by atoms with van der Waals surface area (Å²) in [7, 11) is 0. The molecule has 100 valence electrons. The fourth-order valence-corrected chi connectivity index (χ4v) is 3.13. The van der Waals surface area contributed by atoms with Gasteiger partial charge in [0.25, 0.3) is 0 Å². The van der Waals surface area contributed by atoms with Crippen LogP contribution < -0.4 is 0 Å². The quantitative estimate of drug-likeness (QED) is 0.851. The molecule has 1 unspecified atom stereocenters. The van der Waals surface area contributed by atoms with Crippen molar-refractivity contribution in [2.45, 2.75) is 46.1 Å². The van der Waals surface area contributed by atoms with Gasteiger partial charge >= 0.3 is 0 Å². The molecule has 1 aliphatic rings. The number of hydrogen-bond donors (Lipinski definition) is 1. The van der Waals surface area contributed by atoms with Crippen LogP contribution in [0.4, 0.5) is 0 Å². The molecular weight excluding hydrogens is 236 g/mol. The van der Waals surface area contributed by atoms with Gasteiger partial charge in [-0.25, -0.2) is 4.98 Å². The van der Waals surface area contributed by atoms with E-state index in [1.165, 1.54) is 11.3 Å². The summed E-state index contributed by atoms with van der Waals surface area (Å²) < 4.78 is 2.21. The van der Waals surface area contributed by atoms with Crippen molar-refractivity contribution >= 4 is 0 Å². The van der Waals surface area contributed by atoms with E-state index in [-0.39, 0.29) is 6.10 Å². The Balaban J connectivity index is 2.20. The van der Waals surface area contributed by atoms with Crippen LogP contribution in [-0.2, 0) is 6.42 Å². The fourth-order valence-electron chi connectivity index (χ4n) is 3.13. The van der Waals surface area contributed by atoms with E-state index < -0.39 is 0 Å². The molecule has 0 radical (unpaired) electrons. The third-order valence-corrected chi connectivity index (χ3v) is 3.88. The van der Waals surface area contributed by atoms with E-state index in [4.69, 9.17) is 0 Å². The van der Waals surface area contributed by atoms with Crippen molar-refractivity contribution in [2.24, 2.45) is 0 Å². The summed E-state index contributed by atoms with van der Waals surface area (Å²) in [6.07, 6.45) is 2.63. The number of rotatable bonds is 1. The standard InChI is InChI=1S/C16H20N2O/c1-10-7-11(2)17-16(8-10)18-12(3)9-13-14(18)5-4-6-15(13)19/h7-9,15,19H,4-6H2,1-3H3. The van der Waals surface area contributed by atoms with Crippen molar-refractivity contribution in [3.05, 3.63) is 46.4 Å². The van der Waals surface area contributed by atoms with Gasteiger partial charge in [-0.15, -0.1) is 0 Å². The molecule has 3 heteroatoms. The van der Waals surface area contributed by atoms with Crippen LogP contribution in [0.5, 0.6) is 0 Å². The highest BCUT2D eigenvalue weighted by atomic mass is 16.3. The van der Waals surface area contributed by atoms with Gasteiger partial charge in [-0.2, -0.15) is 0 Å². The van der Waals surface area contributed by atoms with Gasteiger partial charge in [-0.1, -0.05) is 0 Å². The monoisotopic (exact) mass is 256 g/mol. The van der Waals surface area contributed by atoms with Crippen LogP contribution in [0.3, 0.4) is 0 Å². The molecule has 0 fully saturated rings. The van der Waals surface area contributed by atoms with Crippen molar-refractivity contribution < 1.29 is 5.11 Å². The number of aromatic nitrogens is 2. The smallest absolute Gasteiger partial charge is 0.137 e. The molecule has 0 spiro atoms. The van der Waals surface area contributed by atoms with E-state index >= 15 is 0 Å². The molecule has 0 saturated carbocycles. The van der Waals surface area contributed by atoms with Gasteiger partial charge in [0.1, 0.15) is 5.82 Å². The summed E-state index contributed by atoms with van der Waals surface area (Å²) in [6.45, 7) is 6.21. The van der Waals surface area contributed by atoms with E-state index in [0.29, 0.717) is 0 Å². The van der Waals surface area contributed by atoms with E-state index in [0.717, 1.165) is 42.0 Å². The maximum Gasteiger partial charge on any atom is 0.137 e. The molecule has 1 N–H and O–H groups in total. The highest BCUT2D eigenvalue weighted by Crippen LogP contribution is 2.33. The SMILES string of the molecule is Cc1cc(C)nc(-n2c(C)cc3c2CCCC3O)c1. The summed E-state index contributed by atoms with van der Waals surface area (Å²) in [5.41, 5.74) is 5.73. The zero-order chi connectivity index (χ0) is 13.6. The van der Waals surface area contributed by atoms with Crippen LogP contribution in [0.15, 0.2) is 18.2 Å². The molecular formula is C16H20N2O. The molecule has 1 aliphatic carbocycles. The Hall–Kier alpha value is -1.61. The number of aliphatic hydroxyl groups is 1. The number of aliphatic hydroxyl groups excluding tert-OH is 1. The Morgan fingerprint density at radius 2 is 2.00 bits per heavy atom. The first-order chi connectivity index (χ1) is 9.06. The Labute approximate surface area is 113 Å². The minimum absolute atomic E-state index is 0.311. The predicted octanol–water partition coefficient (Wildman–Crippen LogP) is 3.17. The summed E-state index contributed by atoms with van der Waals surface area (Å²) in [4.78, 5) is 4.65. The van der Waals surface area contributed by atoms with Crippen molar-refractivity contribution in [1.82, 2.24) is 9.55 Å². The number of hydrogen-bond acceptors (Lipinski definition) is 2. The highest BCUT2D eigenvalue weighted by molar-refractivity contribution is 5.41. The first-order valence-electron chi connectivity index (χ1n) is 6.91. The van der Waals surface area contributed by atoms with E-state index in [1.807, 2.05) is 6.92 Å². The molecule has 0 amide bonds. The summed E-state index contributed by atoms with van der Waals surface area (Å²) in [5, 5.41) is 10.1. The average Bonchev–Trinajstić information content (AvgIpc) is 2.65. The Bertz CT molecular complexity index is 608. The lowest BCUT2D eigenvalue weighted by molar-refractivity contribution is 0.156. The number of nitrogens with zero attached hydrogens (tertiary/aromatic N) is 2. The number of fused-ring (bicyclic) bond motifs is 1. The van der Waals surface area contributed by atoms with Crippen molar-refractivity contribution in [3.63, 3.8) is 0 Å². The third kappa shape index (κ3) is 2.08. The van der Waals surface area contributed by atoms with Crippen molar-refractivity contribution in [3.8, 4) is 5.82 Å². The van der Waals surface area contributed by atoms with Gasteiger partial charge in [-0.05, 0) is 63.8 Å². The molecule has 19 heavy (non-hydrogen) atoms. The van der Waals surface area contributed by atoms with Crippen LogP contribution >= 0.6 is 0 Å². The lowest BCUT2D eigenvalue weighted by Crippen LogP contribution is -2.12. The molecule has 1 atom stereocenters. The minimum Gasteiger partial charge on any atom is -0.388 e. The molecule has 2 heterocycles. The van der Waals surface area contributed by atoms with Gasteiger partial charge in [0.2, 0.25) is 0 Å². The Kier molecular flexibility index (Phi) is 2.94. The second-order valence-electron chi connectivity index (χ2n) is 5.58. The summed E-state index contributed by atoms with van der Waals surface area (Å²) >= 11 is 0. The van der Waals surface area contributed by atoms with E-state index in [2.05, 4.69) is 41.6 Å². The second-order valence-corrected chi connectivity index (χ2v) is 5.58. The first kappa shape index (κ1) is 12.4. The third-order valence-electron chi connectivity index (χ3n) is 3.88. The molecule has 0 aliphatic heterocycles. The van der Waals surface area contributed by atoms with Crippen LogP contribution in [0.1, 0.15) is 47.2 Å². The van der Waals surface area contributed by atoms with Gasteiger partial charge in [-0.3, -0.25) is 0 Å². The number of pyridine rings is 1. The lowest BCUT2D eigenvalue weighted by Gasteiger charge is -2.20. The molecule has 2 aromatic heterocycles. The van der Waals surface area contributed by atoms with Gasteiger partial charge in [0.05, 0.1) is 6.10 Å². The summed E-state index contributed by atoms with van der Waals surface area (Å²) in [5.74, 6) is 0.977. The largest absolute Gasteiger partial charge is 0.388 e. The molecule has 3 rings (SSSR count). The molecule has 0 bridgehead atoms. The minimum atomic E-state index is -0.311. The maximum atomic E-state index is 10.1. The first-order valence-corrected chi connectivity index (χ1v) is 6.91. The molecule has 3 nitrogen and oxygen atoms in total. The average molecular weight is 256 g/mol. The summed E-state index contributed by atoms with van der Waals surface area (Å²) in [6, 6.07) is 6.31. The van der Waals surface area contributed by atoms with E-state index in [1.54, 1.807) is 0 Å². The van der Waals surface area contributed by atoms with Crippen LogP contribution in [0.2, 0.25) is 0 Å². The highest BCUT2D eigenvalue weighted by Gasteiger charge is 2.24. The fraction of sp³-hybridized carbons (Fsp3) is 0.438.